The van der Waals surface area contributed by atoms with E-state index in [0.717, 1.165) is 47.9 Å². The van der Waals surface area contributed by atoms with Crippen molar-refractivity contribution in [1.82, 2.24) is 9.55 Å². The quantitative estimate of drug-likeness (QED) is 0.940. The van der Waals surface area contributed by atoms with Crippen molar-refractivity contribution in [1.29, 1.82) is 0 Å². The number of imidazole rings is 1. The van der Waals surface area contributed by atoms with Gasteiger partial charge in [0, 0.05) is 19.5 Å². The van der Waals surface area contributed by atoms with Crippen LogP contribution in [0.4, 0.5) is 5.82 Å². The van der Waals surface area contributed by atoms with Crippen LogP contribution in [-0.2, 0) is 13.0 Å². The first-order valence-electron chi connectivity index (χ1n) is 6.51. The molecule has 0 saturated heterocycles. The van der Waals surface area contributed by atoms with Crippen LogP contribution in [0, 0.1) is 0 Å². The molecule has 0 atom stereocenters. The third-order valence-corrected chi connectivity index (χ3v) is 3.75. The molecule has 0 aliphatic carbocycles. The molecular weight excluding hydrogens is 306 g/mol. The minimum absolute atomic E-state index is 0.646. The molecule has 0 unspecified atom stereocenters. The molecule has 0 radical (unpaired) electrons. The number of hydrogen-bond donors (Lipinski definition) is 1. The minimum Gasteiger partial charge on any atom is -0.493 e. The Morgan fingerprint density at radius 3 is 3.00 bits per heavy atom. The summed E-state index contributed by atoms with van der Waals surface area (Å²) in [6.07, 6.45) is 1.96. The van der Waals surface area contributed by atoms with Crippen molar-refractivity contribution in [2.24, 2.45) is 0 Å². The molecule has 0 fully saturated rings. The van der Waals surface area contributed by atoms with Crippen LogP contribution in [-0.4, -0.2) is 22.7 Å². The SMILES string of the molecule is Brc1nc(CCOc2ccccc2)n2c1NCCC2. The van der Waals surface area contributed by atoms with E-state index < -0.39 is 0 Å². The van der Waals surface area contributed by atoms with Crippen molar-refractivity contribution in [2.75, 3.05) is 18.5 Å². The van der Waals surface area contributed by atoms with Crippen LogP contribution < -0.4 is 10.1 Å². The Balaban J connectivity index is 1.64. The van der Waals surface area contributed by atoms with Gasteiger partial charge >= 0.3 is 0 Å². The lowest BCUT2D eigenvalue weighted by Crippen LogP contribution is -2.19. The van der Waals surface area contributed by atoms with Gasteiger partial charge < -0.3 is 14.6 Å². The highest BCUT2D eigenvalue weighted by Crippen LogP contribution is 2.26. The Kier molecular flexibility index (Phi) is 3.73. The van der Waals surface area contributed by atoms with E-state index in [1.54, 1.807) is 0 Å². The first-order valence-corrected chi connectivity index (χ1v) is 7.30. The Hall–Kier alpha value is -1.49. The summed E-state index contributed by atoms with van der Waals surface area (Å²) in [7, 11) is 0. The normalized spacial score (nSPS) is 13.7. The molecule has 1 aromatic carbocycles. The van der Waals surface area contributed by atoms with Crippen molar-refractivity contribution in [2.45, 2.75) is 19.4 Å². The van der Waals surface area contributed by atoms with Gasteiger partial charge in [-0.15, -0.1) is 0 Å². The monoisotopic (exact) mass is 321 g/mol. The number of benzene rings is 1. The van der Waals surface area contributed by atoms with Crippen molar-refractivity contribution < 1.29 is 4.74 Å². The zero-order valence-corrected chi connectivity index (χ0v) is 12.2. The molecule has 4 nitrogen and oxygen atoms in total. The predicted octanol–water partition coefficient (Wildman–Crippen LogP) is 3.08. The van der Waals surface area contributed by atoms with Crippen LogP contribution in [0.15, 0.2) is 34.9 Å². The van der Waals surface area contributed by atoms with Gasteiger partial charge in [-0.2, -0.15) is 0 Å². The largest absolute Gasteiger partial charge is 0.493 e. The van der Waals surface area contributed by atoms with Crippen LogP contribution in [0.25, 0.3) is 0 Å². The second-order valence-electron chi connectivity index (χ2n) is 4.51. The molecular formula is C14H16BrN3O. The van der Waals surface area contributed by atoms with Gasteiger partial charge in [-0.1, -0.05) is 18.2 Å². The smallest absolute Gasteiger partial charge is 0.148 e. The Morgan fingerprint density at radius 1 is 1.32 bits per heavy atom. The minimum atomic E-state index is 0.646. The Bertz CT molecular complexity index is 553. The third-order valence-electron chi connectivity index (χ3n) is 3.19. The maximum Gasteiger partial charge on any atom is 0.148 e. The second kappa shape index (κ2) is 5.65. The summed E-state index contributed by atoms with van der Waals surface area (Å²) < 4.78 is 8.86. The highest BCUT2D eigenvalue weighted by Gasteiger charge is 2.17. The Morgan fingerprint density at radius 2 is 2.16 bits per heavy atom. The number of aromatic nitrogens is 2. The van der Waals surface area contributed by atoms with Gasteiger partial charge in [-0.25, -0.2) is 4.98 Å². The van der Waals surface area contributed by atoms with Gasteiger partial charge in [0.05, 0.1) is 6.61 Å². The molecule has 1 aliphatic rings. The molecule has 100 valence electrons. The van der Waals surface area contributed by atoms with E-state index >= 15 is 0 Å². The molecule has 1 N–H and O–H groups in total. The van der Waals surface area contributed by atoms with E-state index in [4.69, 9.17) is 4.74 Å². The van der Waals surface area contributed by atoms with E-state index in [0.29, 0.717) is 6.61 Å². The number of rotatable bonds is 4. The predicted molar refractivity (Wildman–Crippen MR) is 78.7 cm³/mol. The second-order valence-corrected chi connectivity index (χ2v) is 5.26. The van der Waals surface area contributed by atoms with E-state index in [-0.39, 0.29) is 0 Å². The summed E-state index contributed by atoms with van der Waals surface area (Å²) in [5.74, 6) is 3.08. The van der Waals surface area contributed by atoms with Gasteiger partial charge in [0.2, 0.25) is 0 Å². The van der Waals surface area contributed by atoms with E-state index in [1.807, 2.05) is 30.3 Å². The fourth-order valence-corrected chi connectivity index (χ4v) is 2.85. The van der Waals surface area contributed by atoms with Gasteiger partial charge in [0.25, 0.3) is 0 Å². The highest BCUT2D eigenvalue weighted by atomic mass is 79.9. The van der Waals surface area contributed by atoms with Crippen molar-refractivity contribution in [3.63, 3.8) is 0 Å². The molecule has 2 aromatic rings. The summed E-state index contributed by atoms with van der Waals surface area (Å²) in [6.45, 7) is 2.69. The topological polar surface area (TPSA) is 39.1 Å². The fourth-order valence-electron chi connectivity index (χ4n) is 2.29. The standard InChI is InChI=1S/C14H16BrN3O/c15-13-14-16-8-4-9-18(14)12(17-13)7-10-19-11-5-2-1-3-6-11/h1-3,5-6,16H,4,7-10H2. The first-order chi connectivity index (χ1) is 9.34. The average Bonchev–Trinajstić information content (AvgIpc) is 2.78. The molecule has 0 bridgehead atoms. The van der Waals surface area contributed by atoms with Crippen molar-refractivity contribution in [3.05, 3.63) is 40.8 Å². The fraction of sp³-hybridized carbons (Fsp3) is 0.357. The van der Waals surface area contributed by atoms with Gasteiger partial charge in [0.15, 0.2) is 0 Å². The van der Waals surface area contributed by atoms with Gasteiger partial charge in [0.1, 0.15) is 22.0 Å². The van der Waals surface area contributed by atoms with Gasteiger partial charge in [-0.05, 0) is 34.5 Å². The lowest BCUT2D eigenvalue weighted by Gasteiger charge is -2.18. The summed E-state index contributed by atoms with van der Waals surface area (Å²) in [5.41, 5.74) is 0. The number of ether oxygens (including phenoxy) is 1. The summed E-state index contributed by atoms with van der Waals surface area (Å²) >= 11 is 3.50. The molecule has 0 saturated carbocycles. The maximum atomic E-state index is 5.72. The van der Waals surface area contributed by atoms with Crippen molar-refractivity contribution >= 4 is 21.7 Å². The number of para-hydroxylation sites is 1. The number of nitrogens with one attached hydrogen (secondary N) is 1. The van der Waals surface area contributed by atoms with Crippen LogP contribution in [0.5, 0.6) is 5.75 Å². The lowest BCUT2D eigenvalue weighted by atomic mass is 10.3. The number of halogens is 1. The molecule has 3 rings (SSSR count). The van der Waals surface area contributed by atoms with E-state index in [9.17, 15) is 0 Å². The average molecular weight is 322 g/mol. The van der Waals surface area contributed by atoms with Crippen LogP contribution in [0.1, 0.15) is 12.2 Å². The zero-order chi connectivity index (χ0) is 13.1. The van der Waals surface area contributed by atoms with Crippen LogP contribution in [0.3, 0.4) is 0 Å². The third kappa shape index (κ3) is 2.76. The molecule has 5 heteroatoms. The van der Waals surface area contributed by atoms with E-state index in [2.05, 4.69) is 30.8 Å². The van der Waals surface area contributed by atoms with Gasteiger partial charge in [-0.3, -0.25) is 0 Å². The van der Waals surface area contributed by atoms with Crippen LogP contribution >= 0.6 is 15.9 Å². The van der Waals surface area contributed by atoms with E-state index in [1.165, 1.54) is 0 Å². The molecule has 1 aromatic heterocycles. The zero-order valence-electron chi connectivity index (χ0n) is 10.6. The number of nitrogens with zero attached hydrogens (tertiary/aromatic N) is 2. The number of hydrogen-bond acceptors (Lipinski definition) is 3. The lowest BCUT2D eigenvalue weighted by molar-refractivity contribution is 0.316. The molecule has 1 aliphatic heterocycles. The first kappa shape index (κ1) is 12.5. The molecule has 0 spiro atoms. The Labute approximate surface area is 120 Å². The number of anilines is 1. The molecule has 19 heavy (non-hydrogen) atoms. The molecule has 0 amide bonds. The van der Waals surface area contributed by atoms with Crippen LogP contribution in [0.2, 0.25) is 0 Å². The summed E-state index contributed by atoms with van der Waals surface area (Å²) in [6, 6.07) is 9.89. The maximum absolute atomic E-state index is 5.72. The molecule has 2 heterocycles. The number of fused-ring (bicyclic) bond motifs is 1. The van der Waals surface area contributed by atoms with Crippen molar-refractivity contribution in [3.8, 4) is 5.75 Å². The summed E-state index contributed by atoms with van der Waals surface area (Å²) in [5, 5.41) is 3.37. The highest BCUT2D eigenvalue weighted by molar-refractivity contribution is 9.10. The summed E-state index contributed by atoms with van der Waals surface area (Å²) in [4.78, 5) is 4.56.